The largest absolute Gasteiger partial charge is 0.468 e. The standard InChI is InChI=1S/C28H34O4S/c1-3-4-5-6-13-18-25(33-22-16-11-8-12-17-22)27-24(19-23(29)26(27)28(30)31-2)32-20-21-14-9-7-10-15-21/h7-18,24-27H,3-6,19-20H2,1-2H3. The van der Waals surface area contributed by atoms with Crippen LogP contribution in [0.25, 0.3) is 0 Å². The summed E-state index contributed by atoms with van der Waals surface area (Å²) in [6.45, 7) is 2.60. The van der Waals surface area contributed by atoms with Crippen molar-refractivity contribution in [1.29, 1.82) is 0 Å². The predicted molar refractivity (Wildman–Crippen MR) is 133 cm³/mol. The zero-order valence-electron chi connectivity index (χ0n) is 19.5. The van der Waals surface area contributed by atoms with Gasteiger partial charge in [-0.15, -0.1) is 11.8 Å². The molecule has 4 unspecified atom stereocenters. The zero-order valence-corrected chi connectivity index (χ0v) is 20.3. The van der Waals surface area contributed by atoms with Crippen molar-refractivity contribution in [2.75, 3.05) is 7.11 Å². The van der Waals surface area contributed by atoms with Crippen LogP contribution >= 0.6 is 11.8 Å². The highest BCUT2D eigenvalue weighted by Crippen LogP contribution is 2.42. The van der Waals surface area contributed by atoms with Gasteiger partial charge in [-0.3, -0.25) is 9.59 Å². The van der Waals surface area contributed by atoms with E-state index in [9.17, 15) is 9.59 Å². The Morgan fingerprint density at radius 3 is 2.45 bits per heavy atom. The molecule has 0 aliphatic heterocycles. The minimum Gasteiger partial charge on any atom is -0.468 e. The summed E-state index contributed by atoms with van der Waals surface area (Å²) in [5, 5.41) is -0.0784. The summed E-state index contributed by atoms with van der Waals surface area (Å²) in [7, 11) is 1.35. The summed E-state index contributed by atoms with van der Waals surface area (Å²) in [5.41, 5.74) is 1.05. The van der Waals surface area contributed by atoms with E-state index in [2.05, 4.69) is 31.2 Å². The molecule has 0 heterocycles. The van der Waals surface area contributed by atoms with Crippen molar-refractivity contribution in [2.24, 2.45) is 11.8 Å². The number of carbonyl (C=O) groups excluding carboxylic acids is 2. The molecule has 4 nitrogen and oxygen atoms in total. The second-order valence-electron chi connectivity index (χ2n) is 8.40. The molecule has 1 saturated carbocycles. The fourth-order valence-corrected chi connectivity index (χ4v) is 5.61. The fourth-order valence-electron chi connectivity index (χ4n) is 4.30. The maximum absolute atomic E-state index is 13.0. The van der Waals surface area contributed by atoms with E-state index in [-0.39, 0.29) is 29.5 Å². The van der Waals surface area contributed by atoms with Gasteiger partial charge >= 0.3 is 5.97 Å². The summed E-state index contributed by atoms with van der Waals surface area (Å²) < 4.78 is 11.3. The summed E-state index contributed by atoms with van der Waals surface area (Å²) in [6, 6.07) is 20.0. The van der Waals surface area contributed by atoms with Gasteiger partial charge < -0.3 is 9.47 Å². The van der Waals surface area contributed by atoms with Crippen molar-refractivity contribution < 1.29 is 19.1 Å². The predicted octanol–water partition coefficient (Wildman–Crippen LogP) is 6.25. The third-order valence-electron chi connectivity index (χ3n) is 6.02. The van der Waals surface area contributed by atoms with Crippen molar-refractivity contribution in [3.63, 3.8) is 0 Å². The molecular formula is C28H34O4S. The lowest BCUT2D eigenvalue weighted by Gasteiger charge is -2.29. The van der Waals surface area contributed by atoms with Gasteiger partial charge in [-0.2, -0.15) is 0 Å². The average Bonchev–Trinajstić information content (AvgIpc) is 3.18. The van der Waals surface area contributed by atoms with E-state index in [1.165, 1.54) is 20.0 Å². The lowest BCUT2D eigenvalue weighted by atomic mass is 9.90. The Balaban J connectivity index is 1.86. The molecular weight excluding hydrogens is 432 g/mol. The van der Waals surface area contributed by atoms with Crippen molar-refractivity contribution in [3.8, 4) is 0 Å². The number of carbonyl (C=O) groups is 2. The van der Waals surface area contributed by atoms with E-state index in [4.69, 9.17) is 9.47 Å². The second-order valence-corrected chi connectivity index (χ2v) is 9.65. The van der Waals surface area contributed by atoms with Crippen molar-refractivity contribution >= 4 is 23.5 Å². The van der Waals surface area contributed by atoms with Crippen molar-refractivity contribution in [1.82, 2.24) is 0 Å². The maximum atomic E-state index is 13.0. The van der Waals surface area contributed by atoms with E-state index < -0.39 is 11.9 Å². The number of ketones is 1. The average molecular weight is 467 g/mol. The van der Waals surface area contributed by atoms with Gasteiger partial charge in [0, 0.05) is 22.5 Å². The normalized spacial score (nSPS) is 21.4. The quantitative estimate of drug-likeness (QED) is 0.122. The lowest BCUT2D eigenvalue weighted by Crippen LogP contribution is -2.36. The first-order valence-electron chi connectivity index (χ1n) is 11.8. The van der Waals surface area contributed by atoms with Gasteiger partial charge in [0.15, 0.2) is 0 Å². The van der Waals surface area contributed by atoms with E-state index >= 15 is 0 Å². The third-order valence-corrected chi connectivity index (χ3v) is 7.31. The number of thioether (sulfide) groups is 1. The maximum Gasteiger partial charge on any atom is 0.316 e. The highest BCUT2D eigenvalue weighted by Gasteiger charge is 2.51. The van der Waals surface area contributed by atoms with Gasteiger partial charge in [0.25, 0.3) is 0 Å². The number of rotatable bonds is 12. The van der Waals surface area contributed by atoms with Gasteiger partial charge in [-0.25, -0.2) is 0 Å². The van der Waals surface area contributed by atoms with Gasteiger partial charge in [0.05, 0.1) is 19.8 Å². The summed E-state index contributed by atoms with van der Waals surface area (Å²) in [6.07, 6.45) is 8.73. The minimum absolute atomic E-state index is 0.0784. The Bertz CT molecular complexity index is 897. The molecule has 1 aliphatic rings. The molecule has 0 bridgehead atoms. The summed E-state index contributed by atoms with van der Waals surface area (Å²) in [5.74, 6) is -1.66. The molecule has 3 rings (SSSR count). The number of hydrogen-bond acceptors (Lipinski definition) is 5. The van der Waals surface area contributed by atoms with Crippen LogP contribution in [0.2, 0.25) is 0 Å². The number of ether oxygens (including phenoxy) is 2. The number of Topliss-reactive ketones (excluding diaryl/α,β-unsaturated/α-hetero) is 1. The highest BCUT2D eigenvalue weighted by molar-refractivity contribution is 8.00. The Hall–Kier alpha value is -2.37. The third kappa shape index (κ3) is 7.31. The molecule has 176 valence electrons. The monoisotopic (exact) mass is 466 g/mol. The first-order chi connectivity index (χ1) is 16.1. The smallest absolute Gasteiger partial charge is 0.316 e. The molecule has 2 aromatic rings. The Kier molecular flexibility index (Phi) is 10.2. The molecule has 1 fully saturated rings. The highest BCUT2D eigenvalue weighted by atomic mass is 32.2. The van der Waals surface area contributed by atoms with Crippen molar-refractivity contribution in [3.05, 3.63) is 78.4 Å². The van der Waals surface area contributed by atoms with Crippen LogP contribution in [0.3, 0.4) is 0 Å². The van der Waals surface area contributed by atoms with Crippen LogP contribution in [0.15, 0.2) is 77.7 Å². The Labute approximate surface area is 201 Å². The molecule has 2 aromatic carbocycles. The van der Waals surface area contributed by atoms with Crippen LogP contribution in [0.4, 0.5) is 0 Å². The number of methoxy groups -OCH3 is 1. The summed E-state index contributed by atoms with van der Waals surface area (Å²) >= 11 is 1.68. The second kappa shape index (κ2) is 13.4. The van der Waals surface area contributed by atoms with Crippen molar-refractivity contribution in [2.45, 2.75) is 61.9 Å². The van der Waals surface area contributed by atoms with E-state index in [0.717, 1.165) is 23.3 Å². The van der Waals surface area contributed by atoms with Crippen LogP contribution in [-0.2, 0) is 25.7 Å². The van der Waals surface area contributed by atoms with Gasteiger partial charge in [-0.05, 0) is 30.5 Å². The molecule has 5 heteroatoms. The summed E-state index contributed by atoms with van der Waals surface area (Å²) in [4.78, 5) is 26.8. The number of esters is 1. The van der Waals surface area contributed by atoms with Gasteiger partial charge in [0.2, 0.25) is 0 Å². The molecule has 0 radical (unpaired) electrons. The minimum atomic E-state index is -0.808. The van der Waals surface area contributed by atoms with Crippen LogP contribution in [-0.4, -0.2) is 30.2 Å². The molecule has 0 spiro atoms. The Morgan fingerprint density at radius 1 is 1.09 bits per heavy atom. The molecule has 0 saturated heterocycles. The molecule has 0 aromatic heterocycles. The first-order valence-corrected chi connectivity index (χ1v) is 12.7. The number of unbranched alkanes of at least 4 members (excludes halogenated alkanes) is 3. The Morgan fingerprint density at radius 2 is 1.79 bits per heavy atom. The van der Waals surface area contributed by atoms with E-state index in [1.807, 2.05) is 48.5 Å². The SMILES string of the molecule is CCCCCC=CC(Sc1ccccc1)C1C(OCc2ccccc2)CC(=O)C1C(=O)OC. The molecule has 1 aliphatic carbocycles. The molecule has 4 atom stereocenters. The van der Waals surface area contributed by atoms with E-state index in [1.54, 1.807) is 11.8 Å². The lowest BCUT2D eigenvalue weighted by molar-refractivity contribution is -0.150. The molecule has 33 heavy (non-hydrogen) atoms. The van der Waals surface area contributed by atoms with E-state index in [0.29, 0.717) is 6.61 Å². The fraction of sp³-hybridized carbons (Fsp3) is 0.429. The van der Waals surface area contributed by atoms with Crippen LogP contribution < -0.4 is 0 Å². The molecule has 0 N–H and O–H groups in total. The van der Waals surface area contributed by atoms with Crippen LogP contribution in [0.5, 0.6) is 0 Å². The van der Waals surface area contributed by atoms with Gasteiger partial charge in [-0.1, -0.05) is 80.4 Å². The zero-order chi connectivity index (χ0) is 23.5. The van der Waals surface area contributed by atoms with Gasteiger partial charge in [0.1, 0.15) is 11.7 Å². The first kappa shape index (κ1) is 25.3. The molecule has 0 amide bonds. The van der Waals surface area contributed by atoms with Crippen LogP contribution in [0, 0.1) is 11.8 Å². The topological polar surface area (TPSA) is 52.6 Å². The number of hydrogen-bond donors (Lipinski definition) is 0. The number of allylic oxidation sites excluding steroid dienone is 1. The van der Waals surface area contributed by atoms with Crippen LogP contribution in [0.1, 0.15) is 44.6 Å². The number of benzene rings is 2.